The quantitative estimate of drug-likeness (QED) is 0.842. The molecule has 0 saturated heterocycles. The lowest BCUT2D eigenvalue weighted by atomic mass is 10.1. The van der Waals surface area contributed by atoms with E-state index in [0.29, 0.717) is 31.4 Å². The summed E-state index contributed by atoms with van der Waals surface area (Å²) in [5.41, 5.74) is 1.46. The Balaban J connectivity index is 1.52. The molecule has 7 nitrogen and oxygen atoms in total. The van der Waals surface area contributed by atoms with Crippen LogP contribution in [-0.2, 0) is 17.9 Å². The van der Waals surface area contributed by atoms with Crippen LogP contribution in [0, 0.1) is 0 Å². The van der Waals surface area contributed by atoms with Crippen LogP contribution in [0.1, 0.15) is 66.4 Å². The number of aromatic nitrogens is 3. The van der Waals surface area contributed by atoms with Gasteiger partial charge in [0.1, 0.15) is 11.6 Å². The number of hydrogen-bond acceptors (Lipinski definition) is 5. The van der Waals surface area contributed by atoms with Gasteiger partial charge in [-0.05, 0) is 26.7 Å². The van der Waals surface area contributed by atoms with Crippen LogP contribution in [0.4, 0.5) is 0 Å². The smallest absolute Gasteiger partial charge is 0.276 e. The summed E-state index contributed by atoms with van der Waals surface area (Å²) in [5, 5.41) is 3.98. The minimum atomic E-state index is -0.0947. The lowest BCUT2D eigenvalue weighted by Crippen LogP contribution is -2.41. The molecule has 128 valence electrons. The second-order valence-corrected chi connectivity index (χ2v) is 6.46. The molecule has 0 radical (unpaired) electrons. The normalized spacial score (nSPS) is 20.2. The Hall–Kier alpha value is -2.15. The molecule has 4 rings (SSSR count). The van der Waals surface area contributed by atoms with E-state index < -0.39 is 0 Å². The molecular formula is C17H22N4O3. The minimum Gasteiger partial charge on any atom is -0.375 e. The van der Waals surface area contributed by atoms with Crippen LogP contribution >= 0.6 is 0 Å². The summed E-state index contributed by atoms with van der Waals surface area (Å²) in [6.07, 6.45) is 4.10. The van der Waals surface area contributed by atoms with Gasteiger partial charge in [0.15, 0.2) is 5.69 Å². The Bertz CT molecular complexity index is 747. The third-order valence-corrected chi connectivity index (χ3v) is 4.82. The number of carbonyl (C=O) groups excluding carboxylic acids is 1. The number of imidazole rings is 1. The highest BCUT2D eigenvalue weighted by atomic mass is 16.5. The zero-order valence-corrected chi connectivity index (χ0v) is 14.1. The van der Waals surface area contributed by atoms with Crippen molar-refractivity contribution in [2.45, 2.75) is 51.8 Å². The third kappa shape index (κ3) is 2.62. The van der Waals surface area contributed by atoms with Gasteiger partial charge in [-0.15, -0.1) is 0 Å². The molecule has 2 aromatic heterocycles. The van der Waals surface area contributed by atoms with Gasteiger partial charge in [0, 0.05) is 31.7 Å². The van der Waals surface area contributed by atoms with Gasteiger partial charge in [0.05, 0.1) is 24.5 Å². The lowest BCUT2D eigenvalue weighted by Gasteiger charge is -2.33. The van der Waals surface area contributed by atoms with E-state index in [-0.39, 0.29) is 11.9 Å². The molecule has 1 aliphatic carbocycles. The highest BCUT2D eigenvalue weighted by molar-refractivity contribution is 5.92. The second-order valence-electron chi connectivity index (χ2n) is 6.46. The van der Waals surface area contributed by atoms with Crippen molar-refractivity contribution >= 4 is 5.91 Å². The van der Waals surface area contributed by atoms with E-state index >= 15 is 0 Å². The molecule has 0 bridgehead atoms. The molecule has 1 saturated carbocycles. The van der Waals surface area contributed by atoms with Gasteiger partial charge in [-0.25, -0.2) is 4.98 Å². The molecule has 1 fully saturated rings. The molecule has 1 aliphatic heterocycles. The number of amides is 1. The van der Waals surface area contributed by atoms with Gasteiger partial charge in [-0.1, -0.05) is 5.16 Å². The van der Waals surface area contributed by atoms with Crippen LogP contribution in [0.25, 0.3) is 0 Å². The van der Waals surface area contributed by atoms with Gasteiger partial charge < -0.3 is 18.7 Å². The van der Waals surface area contributed by atoms with E-state index in [0.717, 1.165) is 36.7 Å². The second kappa shape index (κ2) is 6.05. The molecule has 0 spiro atoms. The predicted molar refractivity (Wildman–Crippen MR) is 85.5 cm³/mol. The molecule has 24 heavy (non-hydrogen) atoms. The zero-order chi connectivity index (χ0) is 16.7. The minimum absolute atomic E-state index is 0.0845. The van der Waals surface area contributed by atoms with E-state index in [1.165, 1.54) is 0 Å². The van der Waals surface area contributed by atoms with Crippen molar-refractivity contribution in [3.63, 3.8) is 0 Å². The van der Waals surface area contributed by atoms with E-state index in [9.17, 15) is 4.79 Å². The van der Waals surface area contributed by atoms with Crippen LogP contribution in [0.5, 0.6) is 0 Å². The molecule has 2 aliphatic rings. The van der Waals surface area contributed by atoms with Crippen molar-refractivity contribution in [3.05, 3.63) is 35.2 Å². The Kier molecular flexibility index (Phi) is 3.88. The summed E-state index contributed by atoms with van der Waals surface area (Å²) < 4.78 is 13.0. The van der Waals surface area contributed by atoms with Crippen molar-refractivity contribution in [2.24, 2.45) is 0 Å². The fourth-order valence-corrected chi connectivity index (χ4v) is 3.26. The van der Waals surface area contributed by atoms with E-state index in [2.05, 4.69) is 14.7 Å². The standard InChI is InChI=1S/C17H22N4O3/c1-3-23-10-13-9-18-16-11(2)20(6-7-21(13)16)17(22)14-8-15(24-19-14)12-4-5-12/h8-9,11-12H,3-7,10H2,1-2H3. The molecule has 1 atom stereocenters. The maximum absolute atomic E-state index is 12.8. The van der Waals surface area contributed by atoms with Gasteiger partial charge in [-0.2, -0.15) is 0 Å². The molecule has 1 unspecified atom stereocenters. The van der Waals surface area contributed by atoms with Crippen LogP contribution < -0.4 is 0 Å². The number of rotatable bonds is 5. The van der Waals surface area contributed by atoms with Crippen molar-refractivity contribution in [1.29, 1.82) is 0 Å². The number of fused-ring (bicyclic) bond motifs is 1. The summed E-state index contributed by atoms with van der Waals surface area (Å²) in [7, 11) is 0. The first-order chi connectivity index (χ1) is 11.7. The van der Waals surface area contributed by atoms with Gasteiger partial charge in [0.25, 0.3) is 5.91 Å². The van der Waals surface area contributed by atoms with Crippen LogP contribution in [0.3, 0.4) is 0 Å². The lowest BCUT2D eigenvalue weighted by molar-refractivity contribution is 0.0619. The van der Waals surface area contributed by atoms with Crippen LogP contribution in [0.2, 0.25) is 0 Å². The average molecular weight is 330 g/mol. The monoisotopic (exact) mass is 330 g/mol. The Morgan fingerprint density at radius 3 is 3.00 bits per heavy atom. The van der Waals surface area contributed by atoms with Crippen LogP contribution in [-0.4, -0.2) is 38.7 Å². The van der Waals surface area contributed by atoms with E-state index in [4.69, 9.17) is 9.26 Å². The summed E-state index contributed by atoms with van der Waals surface area (Å²) in [5.74, 6) is 2.11. The first-order valence-corrected chi connectivity index (χ1v) is 8.58. The van der Waals surface area contributed by atoms with Crippen molar-refractivity contribution in [2.75, 3.05) is 13.2 Å². The van der Waals surface area contributed by atoms with Gasteiger partial charge in [-0.3, -0.25) is 4.79 Å². The summed E-state index contributed by atoms with van der Waals surface area (Å²) in [4.78, 5) is 19.1. The largest absolute Gasteiger partial charge is 0.375 e. The molecule has 1 amide bonds. The third-order valence-electron chi connectivity index (χ3n) is 4.82. The Labute approximate surface area is 140 Å². The van der Waals surface area contributed by atoms with Crippen LogP contribution in [0.15, 0.2) is 16.8 Å². The summed E-state index contributed by atoms with van der Waals surface area (Å²) in [6.45, 7) is 6.57. The number of carbonyl (C=O) groups is 1. The fourth-order valence-electron chi connectivity index (χ4n) is 3.26. The van der Waals surface area contributed by atoms with Crippen molar-refractivity contribution < 1.29 is 14.1 Å². The number of hydrogen-bond donors (Lipinski definition) is 0. The topological polar surface area (TPSA) is 73.4 Å². The zero-order valence-electron chi connectivity index (χ0n) is 14.1. The molecule has 7 heteroatoms. The van der Waals surface area contributed by atoms with Gasteiger partial charge in [0.2, 0.25) is 0 Å². The van der Waals surface area contributed by atoms with Crippen molar-refractivity contribution in [1.82, 2.24) is 19.6 Å². The Morgan fingerprint density at radius 1 is 1.42 bits per heavy atom. The molecule has 0 aromatic carbocycles. The maximum atomic E-state index is 12.8. The molecule has 2 aromatic rings. The van der Waals surface area contributed by atoms with E-state index in [1.54, 1.807) is 6.07 Å². The first kappa shape index (κ1) is 15.4. The maximum Gasteiger partial charge on any atom is 0.276 e. The first-order valence-electron chi connectivity index (χ1n) is 8.58. The summed E-state index contributed by atoms with van der Waals surface area (Å²) in [6, 6.07) is 1.71. The predicted octanol–water partition coefficient (Wildman–Crippen LogP) is 2.50. The molecule has 3 heterocycles. The molecular weight excluding hydrogens is 308 g/mol. The Morgan fingerprint density at radius 2 is 2.25 bits per heavy atom. The number of ether oxygens (including phenoxy) is 1. The summed E-state index contributed by atoms with van der Waals surface area (Å²) >= 11 is 0. The van der Waals surface area contributed by atoms with Gasteiger partial charge >= 0.3 is 0 Å². The molecule has 0 N–H and O–H groups in total. The van der Waals surface area contributed by atoms with Crippen molar-refractivity contribution in [3.8, 4) is 0 Å². The van der Waals surface area contributed by atoms with E-state index in [1.807, 2.05) is 24.9 Å². The fraction of sp³-hybridized carbons (Fsp3) is 0.588. The highest BCUT2D eigenvalue weighted by Gasteiger charge is 2.34. The SMILES string of the molecule is CCOCc1cnc2n1CCN(C(=O)c1cc(C3CC3)on1)C2C. The highest BCUT2D eigenvalue weighted by Crippen LogP contribution is 2.40. The number of nitrogens with zero attached hydrogens (tertiary/aromatic N) is 4. The average Bonchev–Trinajstić information content (AvgIpc) is 3.17.